The van der Waals surface area contributed by atoms with E-state index in [0.717, 1.165) is 10.2 Å². The quantitative estimate of drug-likeness (QED) is 0.527. The van der Waals surface area contributed by atoms with Gasteiger partial charge in [0.05, 0.1) is 0 Å². The Kier molecular flexibility index (Phi) is 2.46. The van der Waals surface area contributed by atoms with Crippen molar-refractivity contribution < 1.29 is 0 Å². The summed E-state index contributed by atoms with van der Waals surface area (Å²) < 4.78 is 0. The van der Waals surface area contributed by atoms with Crippen molar-refractivity contribution in [3.05, 3.63) is 41.1 Å². The molecule has 0 spiro atoms. The van der Waals surface area contributed by atoms with Crippen LogP contribution in [0.4, 0.5) is 0 Å². The van der Waals surface area contributed by atoms with E-state index in [2.05, 4.69) is 43.0 Å². The Bertz CT molecular complexity index is 221. The van der Waals surface area contributed by atoms with Crippen LogP contribution in [-0.2, 0) is 0 Å². The molecule has 0 bridgehead atoms. The monoisotopic (exact) mass is 148 g/mol. The maximum Gasteiger partial charge on any atom is 0.0291 e. The highest BCUT2D eigenvalue weighted by molar-refractivity contribution is 6.19. The van der Waals surface area contributed by atoms with Crippen LogP contribution in [0, 0.1) is 6.92 Å². The predicted molar refractivity (Wildman–Crippen MR) is 50.2 cm³/mol. The molecule has 0 aromatic heterocycles. The molecule has 1 rings (SSSR count). The van der Waals surface area contributed by atoms with Crippen LogP contribution in [0.5, 0.6) is 0 Å². The SMILES string of the molecule is Cc1ccc(C=C[SiH3])cc1. The third-order valence-electron chi connectivity index (χ3n) is 1.44. The van der Waals surface area contributed by atoms with Crippen molar-refractivity contribution >= 4 is 16.3 Å². The maximum absolute atomic E-state index is 2.19. The zero-order valence-electron chi connectivity index (χ0n) is 6.46. The molecule has 0 saturated heterocycles. The molecule has 0 aliphatic carbocycles. The first-order chi connectivity index (χ1) is 4.83. The molecule has 0 unspecified atom stereocenters. The van der Waals surface area contributed by atoms with E-state index in [1.54, 1.807) is 0 Å². The largest absolute Gasteiger partial charge is 0.105 e. The van der Waals surface area contributed by atoms with E-state index in [1.165, 1.54) is 11.1 Å². The minimum atomic E-state index is 1.14. The van der Waals surface area contributed by atoms with E-state index in [1.807, 2.05) is 0 Å². The van der Waals surface area contributed by atoms with Crippen LogP contribution in [0.25, 0.3) is 6.08 Å². The lowest BCUT2D eigenvalue weighted by molar-refractivity contribution is 1.46. The van der Waals surface area contributed by atoms with Crippen molar-refractivity contribution in [3.8, 4) is 0 Å². The normalized spacial score (nSPS) is 10.9. The summed E-state index contributed by atoms with van der Waals surface area (Å²) in [6.45, 7) is 2.11. The first-order valence-electron chi connectivity index (χ1n) is 3.52. The Morgan fingerprint density at radius 1 is 1.20 bits per heavy atom. The van der Waals surface area contributed by atoms with E-state index in [0.29, 0.717) is 0 Å². The molecule has 0 N–H and O–H groups in total. The first-order valence-corrected chi connectivity index (χ1v) is 4.68. The van der Waals surface area contributed by atoms with Crippen molar-refractivity contribution in [1.29, 1.82) is 0 Å². The van der Waals surface area contributed by atoms with Crippen molar-refractivity contribution in [2.24, 2.45) is 0 Å². The molecule has 1 heteroatoms. The lowest BCUT2D eigenvalue weighted by Gasteiger charge is -1.92. The summed E-state index contributed by atoms with van der Waals surface area (Å²) in [5.41, 5.74) is 4.82. The Balaban J connectivity index is 2.89. The van der Waals surface area contributed by atoms with Gasteiger partial charge >= 0.3 is 0 Å². The van der Waals surface area contributed by atoms with Crippen LogP contribution < -0.4 is 0 Å². The molecule has 52 valence electrons. The molecule has 10 heavy (non-hydrogen) atoms. The highest BCUT2D eigenvalue weighted by Crippen LogP contribution is 2.03. The van der Waals surface area contributed by atoms with Crippen molar-refractivity contribution in [1.82, 2.24) is 0 Å². The molecule has 0 amide bonds. The molecule has 0 heterocycles. The number of hydrogen-bond acceptors (Lipinski definition) is 0. The van der Waals surface area contributed by atoms with Gasteiger partial charge in [0, 0.05) is 10.2 Å². The maximum atomic E-state index is 2.19. The van der Waals surface area contributed by atoms with Crippen LogP contribution in [0.2, 0.25) is 0 Å². The second kappa shape index (κ2) is 3.37. The van der Waals surface area contributed by atoms with Crippen molar-refractivity contribution in [3.63, 3.8) is 0 Å². The van der Waals surface area contributed by atoms with E-state index < -0.39 is 0 Å². The highest BCUT2D eigenvalue weighted by Gasteiger charge is 1.83. The van der Waals surface area contributed by atoms with Gasteiger partial charge in [-0.15, -0.1) is 5.70 Å². The third kappa shape index (κ3) is 1.85. The smallest absolute Gasteiger partial charge is 0.0291 e. The topological polar surface area (TPSA) is 0 Å². The van der Waals surface area contributed by atoms with Crippen LogP contribution >= 0.6 is 0 Å². The Labute approximate surface area is 65.0 Å². The lowest BCUT2D eigenvalue weighted by atomic mass is 10.2. The minimum Gasteiger partial charge on any atom is -0.105 e. The zero-order valence-corrected chi connectivity index (χ0v) is 8.46. The van der Waals surface area contributed by atoms with Crippen LogP contribution in [0.3, 0.4) is 0 Å². The van der Waals surface area contributed by atoms with E-state index in [4.69, 9.17) is 0 Å². The van der Waals surface area contributed by atoms with Crippen LogP contribution in [0.15, 0.2) is 30.0 Å². The highest BCUT2D eigenvalue weighted by atomic mass is 28.1. The lowest BCUT2D eigenvalue weighted by Crippen LogP contribution is -1.72. The van der Waals surface area contributed by atoms with E-state index in [-0.39, 0.29) is 0 Å². The van der Waals surface area contributed by atoms with Crippen molar-refractivity contribution in [2.45, 2.75) is 6.92 Å². The molecule has 1 aromatic carbocycles. The summed E-state index contributed by atoms with van der Waals surface area (Å²) in [5.74, 6) is 0. The fourth-order valence-corrected chi connectivity index (χ4v) is 1.25. The third-order valence-corrected chi connectivity index (χ3v) is 1.77. The summed E-state index contributed by atoms with van der Waals surface area (Å²) in [7, 11) is 1.14. The summed E-state index contributed by atoms with van der Waals surface area (Å²) in [6, 6.07) is 8.56. The van der Waals surface area contributed by atoms with Crippen LogP contribution in [0.1, 0.15) is 11.1 Å². The Morgan fingerprint density at radius 2 is 1.80 bits per heavy atom. The number of hydrogen-bond donors (Lipinski definition) is 0. The van der Waals surface area contributed by atoms with Gasteiger partial charge < -0.3 is 0 Å². The van der Waals surface area contributed by atoms with Crippen LogP contribution in [-0.4, -0.2) is 10.2 Å². The van der Waals surface area contributed by atoms with E-state index in [9.17, 15) is 0 Å². The Hall–Kier alpha value is -0.823. The van der Waals surface area contributed by atoms with E-state index >= 15 is 0 Å². The van der Waals surface area contributed by atoms with Gasteiger partial charge in [-0.05, 0) is 12.5 Å². The zero-order chi connectivity index (χ0) is 7.40. The molecule has 0 aliphatic heterocycles. The minimum absolute atomic E-state index is 1.14. The molecule has 0 atom stereocenters. The summed E-state index contributed by atoms with van der Waals surface area (Å²) in [6.07, 6.45) is 2.16. The molecule has 1 aromatic rings. The molecular weight excluding hydrogens is 136 g/mol. The molecule has 0 nitrogen and oxygen atoms in total. The second-order valence-corrected chi connectivity index (χ2v) is 3.08. The molecule has 0 fully saturated rings. The summed E-state index contributed by atoms with van der Waals surface area (Å²) in [5, 5.41) is 0. The van der Waals surface area contributed by atoms with Gasteiger partial charge in [0.2, 0.25) is 0 Å². The Morgan fingerprint density at radius 3 is 2.30 bits per heavy atom. The average Bonchev–Trinajstić information content (AvgIpc) is 1.95. The second-order valence-electron chi connectivity index (χ2n) is 2.41. The van der Waals surface area contributed by atoms with Gasteiger partial charge in [0.1, 0.15) is 0 Å². The van der Waals surface area contributed by atoms with Gasteiger partial charge in [-0.2, -0.15) is 0 Å². The fraction of sp³-hybridized carbons (Fsp3) is 0.111. The number of rotatable bonds is 1. The molecule has 0 saturated carbocycles. The van der Waals surface area contributed by atoms with Gasteiger partial charge in [-0.3, -0.25) is 0 Å². The molecule has 0 radical (unpaired) electrons. The summed E-state index contributed by atoms with van der Waals surface area (Å²) >= 11 is 0. The fourth-order valence-electron chi connectivity index (χ4n) is 0.870. The standard InChI is InChI=1S/C9H12Si/c1-8-2-4-9(5-3-8)6-7-10/h2-7H,1,10H3. The van der Waals surface area contributed by atoms with Gasteiger partial charge in [0.15, 0.2) is 0 Å². The van der Waals surface area contributed by atoms with Gasteiger partial charge in [0.25, 0.3) is 0 Å². The summed E-state index contributed by atoms with van der Waals surface area (Å²) in [4.78, 5) is 0. The van der Waals surface area contributed by atoms with Crippen molar-refractivity contribution in [2.75, 3.05) is 0 Å². The van der Waals surface area contributed by atoms with Gasteiger partial charge in [-0.25, -0.2) is 0 Å². The molecule has 0 aliphatic rings. The number of aryl methyl sites for hydroxylation is 1. The number of benzene rings is 1. The molecular formula is C9H12Si. The predicted octanol–water partition coefficient (Wildman–Crippen LogP) is 1.33. The first kappa shape index (κ1) is 7.29. The average molecular weight is 148 g/mol. The van der Waals surface area contributed by atoms with Gasteiger partial charge in [-0.1, -0.05) is 35.9 Å².